The number of halogens is 3. The van der Waals surface area contributed by atoms with E-state index in [0.29, 0.717) is 26.6 Å². The molecular formula is C23H30ClF2N2O3+. The number of carbonyl (C=O) groups is 1. The lowest BCUT2D eigenvalue weighted by Crippen LogP contribution is -2.58. The van der Waals surface area contributed by atoms with Gasteiger partial charge in [0.15, 0.2) is 5.76 Å². The maximum Gasteiger partial charge on any atom is 0.289 e. The fraction of sp³-hybridized carbons (Fsp3) is 0.609. The number of hydroxylamine groups is 3. The lowest BCUT2D eigenvalue weighted by molar-refractivity contribution is -1.10. The number of alkyl halides is 2. The van der Waals surface area contributed by atoms with E-state index in [9.17, 15) is 13.6 Å². The smallest absolute Gasteiger partial charge is 0.289 e. The predicted molar refractivity (Wildman–Crippen MR) is 116 cm³/mol. The summed E-state index contributed by atoms with van der Waals surface area (Å²) in [7, 11) is 0. The highest BCUT2D eigenvalue weighted by atomic mass is 35.5. The van der Waals surface area contributed by atoms with Crippen molar-refractivity contribution < 1.29 is 27.5 Å². The highest BCUT2D eigenvalue weighted by Gasteiger charge is 2.39. The Kier molecular flexibility index (Phi) is 5.94. The predicted octanol–water partition coefficient (Wildman–Crippen LogP) is 5.97. The molecule has 4 rings (SSSR count). The van der Waals surface area contributed by atoms with Gasteiger partial charge in [-0.3, -0.25) is 4.79 Å². The molecule has 0 saturated carbocycles. The summed E-state index contributed by atoms with van der Waals surface area (Å²) in [5, 5.41) is 1.20. The molecule has 0 N–H and O–H groups in total. The van der Waals surface area contributed by atoms with E-state index >= 15 is 0 Å². The average molecular weight is 456 g/mol. The van der Waals surface area contributed by atoms with Gasteiger partial charge in [-0.25, -0.2) is 8.78 Å². The van der Waals surface area contributed by atoms with Crippen molar-refractivity contribution in [3.8, 4) is 5.75 Å². The van der Waals surface area contributed by atoms with Crippen LogP contribution in [0.25, 0.3) is 11.0 Å². The number of hydrogen-bond acceptors (Lipinski definition) is 3. The van der Waals surface area contributed by atoms with E-state index in [4.69, 9.17) is 20.9 Å². The third-order valence-electron chi connectivity index (χ3n) is 6.76. The standard InChI is InChI=1S/C23H30ClF2N2O3/c1-15(2)28(11-5-4-6-12-28)31-20-14-19-17(13-18(20)24)16(3)21(30-19)22(29)27-9-7-23(25,26)8-10-27/h13-15H,4-12H2,1-3H3/q+1. The summed E-state index contributed by atoms with van der Waals surface area (Å²) in [5.41, 5.74) is 1.18. The number of hydrogen-bond donors (Lipinski definition) is 0. The summed E-state index contributed by atoms with van der Waals surface area (Å²) in [6, 6.07) is 3.80. The Labute approximate surface area is 186 Å². The molecule has 170 valence electrons. The zero-order valence-corrected chi connectivity index (χ0v) is 19.1. The molecule has 1 aromatic heterocycles. The number of furan rings is 1. The van der Waals surface area contributed by atoms with Gasteiger partial charge in [-0.05, 0) is 33.3 Å². The number of amides is 1. The highest BCUT2D eigenvalue weighted by Crippen LogP contribution is 2.38. The van der Waals surface area contributed by atoms with Crippen LogP contribution in [0.15, 0.2) is 16.5 Å². The minimum atomic E-state index is -2.71. The van der Waals surface area contributed by atoms with Gasteiger partial charge in [0.1, 0.15) is 24.7 Å². The Morgan fingerprint density at radius 3 is 2.45 bits per heavy atom. The van der Waals surface area contributed by atoms with Crippen molar-refractivity contribution in [3.05, 3.63) is 28.5 Å². The Morgan fingerprint density at radius 2 is 1.84 bits per heavy atom. The first-order valence-corrected chi connectivity index (χ1v) is 11.5. The highest BCUT2D eigenvalue weighted by molar-refractivity contribution is 6.32. The third-order valence-corrected chi connectivity index (χ3v) is 7.06. The maximum absolute atomic E-state index is 13.5. The van der Waals surface area contributed by atoms with Crippen LogP contribution in [0.4, 0.5) is 8.78 Å². The molecule has 0 radical (unpaired) electrons. The molecule has 2 saturated heterocycles. The van der Waals surface area contributed by atoms with Crippen LogP contribution in [0.5, 0.6) is 5.75 Å². The topological polar surface area (TPSA) is 42.7 Å². The fourth-order valence-electron chi connectivity index (χ4n) is 4.63. The SMILES string of the molecule is Cc1c(C(=O)N2CCC(F)(F)CC2)oc2cc(O[N+]3(C(C)C)CCCCC3)c(Cl)cc12. The van der Waals surface area contributed by atoms with Crippen molar-refractivity contribution in [3.63, 3.8) is 0 Å². The second-order valence-electron chi connectivity index (χ2n) is 9.13. The second-order valence-corrected chi connectivity index (χ2v) is 9.54. The lowest BCUT2D eigenvalue weighted by atomic mass is 10.1. The van der Waals surface area contributed by atoms with Crippen molar-refractivity contribution in [2.45, 2.75) is 64.8 Å². The zero-order chi connectivity index (χ0) is 22.4. The number of likely N-dealkylation sites (tertiary alicyclic amines) is 2. The van der Waals surface area contributed by atoms with Crippen LogP contribution in [0, 0.1) is 6.92 Å². The van der Waals surface area contributed by atoms with Gasteiger partial charge < -0.3 is 14.2 Å². The molecule has 0 aliphatic carbocycles. The van der Waals surface area contributed by atoms with Gasteiger partial charge in [-0.2, -0.15) is 0 Å². The molecule has 2 aliphatic rings. The molecule has 0 spiro atoms. The number of nitrogens with zero attached hydrogens (tertiary/aromatic N) is 2. The summed E-state index contributed by atoms with van der Waals surface area (Å²) in [6.45, 7) is 7.97. The molecule has 1 amide bonds. The van der Waals surface area contributed by atoms with Gasteiger partial charge in [0.2, 0.25) is 5.75 Å². The van der Waals surface area contributed by atoms with Gasteiger partial charge >= 0.3 is 0 Å². The number of fused-ring (bicyclic) bond motifs is 1. The Balaban J connectivity index is 1.63. The van der Waals surface area contributed by atoms with Crippen LogP contribution in [-0.4, -0.2) is 53.6 Å². The van der Waals surface area contributed by atoms with Gasteiger partial charge in [0.25, 0.3) is 11.8 Å². The molecule has 2 aromatic rings. The van der Waals surface area contributed by atoms with E-state index in [1.54, 1.807) is 19.1 Å². The second kappa shape index (κ2) is 8.24. The van der Waals surface area contributed by atoms with Crippen molar-refractivity contribution in [2.24, 2.45) is 0 Å². The number of aryl methyl sites for hydroxylation is 1. The number of benzene rings is 1. The van der Waals surface area contributed by atoms with E-state index in [2.05, 4.69) is 13.8 Å². The monoisotopic (exact) mass is 455 g/mol. The molecule has 2 aliphatic heterocycles. The molecule has 1 aromatic carbocycles. The fourth-order valence-corrected chi connectivity index (χ4v) is 4.83. The number of piperidine rings is 2. The number of carbonyl (C=O) groups excluding carboxylic acids is 1. The minimum Gasteiger partial charge on any atom is -0.450 e. The summed E-state index contributed by atoms with van der Waals surface area (Å²) < 4.78 is 33.4. The van der Waals surface area contributed by atoms with Gasteiger partial charge in [-0.15, -0.1) is 4.65 Å². The Bertz CT molecular complexity index is 973. The summed E-state index contributed by atoms with van der Waals surface area (Å²) in [6.07, 6.45) is 2.76. The molecule has 0 bridgehead atoms. The van der Waals surface area contributed by atoms with Crippen molar-refractivity contribution in [2.75, 3.05) is 26.2 Å². The number of rotatable bonds is 4. The van der Waals surface area contributed by atoms with E-state index in [1.807, 2.05) is 0 Å². The van der Waals surface area contributed by atoms with E-state index in [1.165, 1.54) is 11.3 Å². The van der Waals surface area contributed by atoms with Crippen LogP contribution in [0.3, 0.4) is 0 Å². The van der Waals surface area contributed by atoms with Gasteiger partial charge in [0.05, 0.1) is 5.02 Å². The largest absolute Gasteiger partial charge is 0.450 e. The summed E-state index contributed by atoms with van der Waals surface area (Å²) in [5.74, 6) is -2.35. The molecule has 31 heavy (non-hydrogen) atoms. The summed E-state index contributed by atoms with van der Waals surface area (Å²) >= 11 is 6.57. The zero-order valence-electron chi connectivity index (χ0n) is 18.3. The summed E-state index contributed by atoms with van der Waals surface area (Å²) in [4.78, 5) is 20.8. The number of quaternary nitrogens is 1. The van der Waals surface area contributed by atoms with Crippen LogP contribution >= 0.6 is 11.6 Å². The molecule has 8 heteroatoms. The Hall–Kier alpha value is -1.86. The molecule has 0 unspecified atom stereocenters. The minimum absolute atomic E-state index is 0.0197. The molecular weight excluding hydrogens is 426 g/mol. The first-order chi connectivity index (χ1) is 14.6. The van der Waals surface area contributed by atoms with Gasteiger partial charge in [0, 0.05) is 55.8 Å². The normalized spacial score (nSPS) is 20.9. The van der Waals surface area contributed by atoms with Crippen molar-refractivity contribution in [1.29, 1.82) is 0 Å². The quantitative estimate of drug-likeness (QED) is 0.533. The molecule has 5 nitrogen and oxygen atoms in total. The van der Waals surface area contributed by atoms with E-state index in [0.717, 1.165) is 31.3 Å². The molecule has 2 fully saturated rings. The lowest BCUT2D eigenvalue weighted by Gasteiger charge is -2.41. The van der Waals surface area contributed by atoms with Crippen LogP contribution in [0.2, 0.25) is 5.02 Å². The van der Waals surface area contributed by atoms with E-state index in [-0.39, 0.29) is 43.6 Å². The van der Waals surface area contributed by atoms with Gasteiger partial charge in [-0.1, -0.05) is 11.6 Å². The van der Waals surface area contributed by atoms with Crippen molar-refractivity contribution in [1.82, 2.24) is 4.90 Å². The third kappa shape index (κ3) is 4.27. The van der Waals surface area contributed by atoms with Crippen molar-refractivity contribution >= 4 is 28.5 Å². The maximum atomic E-state index is 13.5. The first-order valence-electron chi connectivity index (χ1n) is 11.1. The molecule has 3 heterocycles. The Morgan fingerprint density at radius 1 is 1.19 bits per heavy atom. The first kappa shape index (κ1) is 22.3. The average Bonchev–Trinajstić information content (AvgIpc) is 3.04. The van der Waals surface area contributed by atoms with E-state index < -0.39 is 5.92 Å². The van der Waals surface area contributed by atoms with Crippen LogP contribution < -0.4 is 4.84 Å². The molecule has 0 atom stereocenters. The van der Waals surface area contributed by atoms with Crippen LogP contribution in [-0.2, 0) is 0 Å². The van der Waals surface area contributed by atoms with Crippen LogP contribution in [0.1, 0.15) is 62.1 Å².